The first-order valence-corrected chi connectivity index (χ1v) is 3.09. The zero-order valence-electron chi connectivity index (χ0n) is 5.57. The Kier molecular flexibility index (Phi) is 1.29. The molecule has 56 valence electrons. The van der Waals surface area contributed by atoms with E-state index in [2.05, 4.69) is 15.4 Å². The number of carbonyl (C=O) groups is 1. The maximum absolute atomic E-state index is 11.0. The Hall–Kier alpha value is -1.49. The summed E-state index contributed by atoms with van der Waals surface area (Å²) in [5.74, 6) is 0.343. The minimum atomic E-state index is -0.0978. The van der Waals surface area contributed by atoms with Gasteiger partial charge in [-0.05, 0) is 0 Å². The number of aromatic nitrogens is 2. The Morgan fingerprint density at radius 2 is 2.55 bits per heavy atom. The third kappa shape index (κ3) is 0.947. The molecule has 0 radical (unpaired) electrons. The largest absolute Gasteiger partial charge is 0.291 e. The fourth-order valence-electron chi connectivity index (χ4n) is 0.863. The number of ketones is 1. The number of Topliss-reactive ketones (excluding diaryl/α,β-unsaturated/α-hetero) is 1. The standard InChI is InChI=1S/C6H5N3O2/c10-5-2-11-9-6-4(5)1-7-3-8-6/h1,3H,2H2,(H,7,8,9). The number of hydrogen-bond donors (Lipinski definition) is 1. The maximum Gasteiger partial charge on any atom is 0.196 e. The summed E-state index contributed by atoms with van der Waals surface area (Å²) in [6, 6.07) is 0. The Labute approximate surface area is 62.4 Å². The number of rotatable bonds is 0. The molecule has 1 N–H and O–H groups in total. The molecule has 1 aliphatic heterocycles. The summed E-state index contributed by atoms with van der Waals surface area (Å²) in [7, 11) is 0. The van der Waals surface area contributed by atoms with Crippen LogP contribution in [0.1, 0.15) is 10.4 Å². The van der Waals surface area contributed by atoms with Crippen molar-refractivity contribution in [3.8, 4) is 0 Å². The van der Waals surface area contributed by atoms with Gasteiger partial charge in [0.05, 0.1) is 5.56 Å². The predicted molar refractivity (Wildman–Crippen MR) is 35.9 cm³/mol. The van der Waals surface area contributed by atoms with Gasteiger partial charge in [-0.15, -0.1) is 0 Å². The third-order valence-corrected chi connectivity index (χ3v) is 1.38. The molecular weight excluding hydrogens is 146 g/mol. The second-order valence-corrected chi connectivity index (χ2v) is 2.10. The van der Waals surface area contributed by atoms with Gasteiger partial charge in [-0.25, -0.2) is 15.4 Å². The summed E-state index contributed by atoms with van der Waals surface area (Å²) < 4.78 is 0. The Morgan fingerprint density at radius 3 is 3.36 bits per heavy atom. The summed E-state index contributed by atoms with van der Waals surface area (Å²) in [5.41, 5.74) is 3.01. The molecule has 1 aromatic heterocycles. The van der Waals surface area contributed by atoms with Crippen LogP contribution in [-0.4, -0.2) is 22.4 Å². The second kappa shape index (κ2) is 2.28. The third-order valence-electron chi connectivity index (χ3n) is 1.38. The molecule has 5 heteroatoms. The van der Waals surface area contributed by atoms with Crippen molar-refractivity contribution in [2.75, 3.05) is 12.1 Å². The highest BCUT2D eigenvalue weighted by atomic mass is 16.6. The number of carbonyl (C=O) groups excluding carboxylic acids is 1. The Bertz CT molecular complexity index is 300. The van der Waals surface area contributed by atoms with Gasteiger partial charge in [0.15, 0.2) is 11.6 Å². The van der Waals surface area contributed by atoms with Gasteiger partial charge in [0.2, 0.25) is 0 Å². The van der Waals surface area contributed by atoms with E-state index < -0.39 is 0 Å². The smallest absolute Gasteiger partial charge is 0.196 e. The lowest BCUT2D eigenvalue weighted by molar-refractivity contribution is 0.0814. The highest BCUT2D eigenvalue weighted by Gasteiger charge is 2.17. The van der Waals surface area contributed by atoms with Gasteiger partial charge < -0.3 is 0 Å². The summed E-state index contributed by atoms with van der Waals surface area (Å²) in [6.07, 6.45) is 2.83. The molecule has 2 heterocycles. The summed E-state index contributed by atoms with van der Waals surface area (Å²) >= 11 is 0. The van der Waals surface area contributed by atoms with Crippen LogP contribution in [0.2, 0.25) is 0 Å². The first-order chi connectivity index (χ1) is 5.38. The van der Waals surface area contributed by atoms with Gasteiger partial charge in [-0.2, -0.15) is 0 Å². The molecule has 11 heavy (non-hydrogen) atoms. The maximum atomic E-state index is 11.0. The van der Waals surface area contributed by atoms with Crippen molar-refractivity contribution in [3.63, 3.8) is 0 Å². The quantitative estimate of drug-likeness (QED) is 0.566. The van der Waals surface area contributed by atoms with Crippen LogP contribution in [0, 0.1) is 0 Å². The number of nitrogens with one attached hydrogen (secondary N) is 1. The topological polar surface area (TPSA) is 64.1 Å². The van der Waals surface area contributed by atoms with Crippen molar-refractivity contribution < 1.29 is 9.63 Å². The van der Waals surface area contributed by atoms with Crippen molar-refractivity contribution in [3.05, 3.63) is 18.1 Å². The number of fused-ring (bicyclic) bond motifs is 1. The molecule has 0 spiro atoms. The van der Waals surface area contributed by atoms with Crippen LogP contribution < -0.4 is 5.48 Å². The van der Waals surface area contributed by atoms with Crippen LogP contribution in [0.3, 0.4) is 0 Å². The lowest BCUT2D eigenvalue weighted by Crippen LogP contribution is -2.22. The second-order valence-electron chi connectivity index (χ2n) is 2.10. The van der Waals surface area contributed by atoms with Crippen LogP contribution in [0.25, 0.3) is 0 Å². The monoisotopic (exact) mass is 151 g/mol. The molecule has 0 saturated carbocycles. The number of hydrogen-bond acceptors (Lipinski definition) is 5. The molecule has 0 fully saturated rings. The summed E-state index contributed by atoms with van der Waals surface area (Å²) in [6.45, 7) is 0.0420. The lowest BCUT2D eigenvalue weighted by atomic mass is 10.2. The highest BCUT2D eigenvalue weighted by molar-refractivity contribution is 6.01. The molecular formula is C6H5N3O2. The molecule has 2 rings (SSSR count). The van der Waals surface area contributed by atoms with Gasteiger partial charge in [-0.1, -0.05) is 0 Å². The minimum absolute atomic E-state index is 0.0420. The lowest BCUT2D eigenvalue weighted by Gasteiger charge is -2.13. The molecule has 0 unspecified atom stereocenters. The van der Waals surface area contributed by atoms with E-state index in [0.717, 1.165) is 0 Å². The summed E-state index contributed by atoms with van der Waals surface area (Å²) in [4.78, 5) is 23.3. The van der Waals surface area contributed by atoms with E-state index in [1.165, 1.54) is 12.5 Å². The van der Waals surface area contributed by atoms with Gasteiger partial charge in [-0.3, -0.25) is 9.63 Å². The van der Waals surface area contributed by atoms with Crippen molar-refractivity contribution in [2.45, 2.75) is 0 Å². The fraction of sp³-hybridized carbons (Fsp3) is 0.167. The van der Waals surface area contributed by atoms with Crippen molar-refractivity contribution in [2.24, 2.45) is 0 Å². The van der Waals surface area contributed by atoms with Crippen LogP contribution in [-0.2, 0) is 4.84 Å². The SMILES string of the molecule is O=C1CONc2ncncc21. The van der Waals surface area contributed by atoms with Crippen molar-refractivity contribution in [1.82, 2.24) is 9.97 Å². The van der Waals surface area contributed by atoms with E-state index in [9.17, 15) is 4.79 Å². The molecule has 0 amide bonds. The van der Waals surface area contributed by atoms with Crippen molar-refractivity contribution >= 4 is 11.6 Å². The van der Waals surface area contributed by atoms with E-state index >= 15 is 0 Å². The van der Waals surface area contributed by atoms with Crippen LogP contribution in [0.5, 0.6) is 0 Å². The first-order valence-electron chi connectivity index (χ1n) is 3.09. The van der Waals surface area contributed by atoms with Crippen LogP contribution in [0.15, 0.2) is 12.5 Å². The summed E-state index contributed by atoms with van der Waals surface area (Å²) in [5, 5.41) is 0. The van der Waals surface area contributed by atoms with Crippen LogP contribution >= 0.6 is 0 Å². The molecule has 5 nitrogen and oxygen atoms in total. The normalized spacial score (nSPS) is 15.5. The van der Waals surface area contributed by atoms with Gasteiger partial charge >= 0.3 is 0 Å². The van der Waals surface area contributed by atoms with E-state index in [1.54, 1.807) is 0 Å². The molecule has 0 saturated heterocycles. The molecule has 0 atom stereocenters. The average Bonchev–Trinajstić information content (AvgIpc) is 2.06. The van der Waals surface area contributed by atoms with Crippen LogP contribution in [0.4, 0.5) is 5.82 Å². The van der Waals surface area contributed by atoms with Crippen molar-refractivity contribution in [1.29, 1.82) is 0 Å². The van der Waals surface area contributed by atoms with Gasteiger partial charge in [0.1, 0.15) is 12.9 Å². The van der Waals surface area contributed by atoms with Gasteiger partial charge in [0, 0.05) is 6.20 Å². The number of nitrogens with zero attached hydrogens (tertiary/aromatic N) is 2. The van der Waals surface area contributed by atoms with E-state index in [-0.39, 0.29) is 12.4 Å². The number of anilines is 1. The first kappa shape index (κ1) is 6.23. The molecule has 1 aromatic rings. The predicted octanol–water partition coefficient (Wildman–Crippen LogP) is 0.0164. The Morgan fingerprint density at radius 1 is 1.64 bits per heavy atom. The molecule has 0 aliphatic carbocycles. The van der Waals surface area contributed by atoms with E-state index in [1.807, 2.05) is 0 Å². The van der Waals surface area contributed by atoms with E-state index in [4.69, 9.17) is 4.84 Å². The molecule has 0 aromatic carbocycles. The minimum Gasteiger partial charge on any atom is -0.291 e. The van der Waals surface area contributed by atoms with E-state index in [0.29, 0.717) is 11.4 Å². The molecule has 1 aliphatic rings. The Balaban J connectivity index is 2.52. The molecule has 0 bridgehead atoms. The van der Waals surface area contributed by atoms with Gasteiger partial charge in [0.25, 0.3) is 0 Å². The zero-order chi connectivity index (χ0) is 7.68. The average molecular weight is 151 g/mol. The fourth-order valence-corrected chi connectivity index (χ4v) is 0.863. The zero-order valence-corrected chi connectivity index (χ0v) is 5.57. The highest BCUT2D eigenvalue weighted by Crippen LogP contribution is 2.14.